The molecule has 0 rings (SSSR count). The van der Waals surface area contributed by atoms with Gasteiger partial charge in [-0.15, -0.1) is 0 Å². The zero-order chi connectivity index (χ0) is 20.7. The number of unbranched alkanes of at least 4 members (excludes halogenated alkanes) is 12. The van der Waals surface area contributed by atoms with E-state index in [4.69, 9.17) is 0 Å². The van der Waals surface area contributed by atoms with Crippen LogP contribution in [-0.4, -0.2) is 0 Å². The second-order valence-corrected chi connectivity index (χ2v) is 9.18. The summed E-state index contributed by atoms with van der Waals surface area (Å²) in [5.74, 6) is 1.81. The Bertz CT molecular complexity index is 303. The minimum Gasteiger partial charge on any atom is -0.0885 e. The molecule has 0 aromatic carbocycles. The van der Waals surface area contributed by atoms with Gasteiger partial charge in [0.15, 0.2) is 0 Å². The third kappa shape index (κ3) is 20.5. The van der Waals surface area contributed by atoms with Gasteiger partial charge in [0, 0.05) is 0 Å². The van der Waals surface area contributed by atoms with Gasteiger partial charge in [-0.25, -0.2) is 0 Å². The zero-order valence-corrected chi connectivity index (χ0v) is 19.9. The van der Waals surface area contributed by atoms with Gasteiger partial charge >= 0.3 is 0 Å². The van der Waals surface area contributed by atoms with Crippen molar-refractivity contribution in [3.8, 4) is 0 Å². The molecule has 0 fully saturated rings. The number of hydrogen-bond donors (Lipinski definition) is 0. The number of rotatable bonds is 22. The van der Waals surface area contributed by atoms with Crippen LogP contribution in [0.4, 0.5) is 0 Å². The van der Waals surface area contributed by atoms with Gasteiger partial charge in [0.05, 0.1) is 0 Å². The van der Waals surface area contributed by atoms with Gasteiger partial charge in [-0.1, -0.05) is 143 Å². The Kier molecular flexibility index (Phi) is 22.8. The SMILES string of the molecule is [CH2]CCCCCC/C=C/CCCCCC(CC)CCCCCCCC(C)C[CH2]. The van der Waals surface area contributed by atoms with Crippen molar-refractivity contribution in [2.24, 2.45) is 11.8 Å². The Labute approximate surface area is 180 Å². The molecule has 28 heavy (non-hydrogen) atoms. The predicted octanol–water partition coefficient (Wildman–Crippen LogP) is 10.3. The van der Waals surface area contributed by atoms with Crippen molar-refractivity contribution in [2.45, 2.75) is 142 Å². The van der Waals surface area contributed by atoms with Crippen molar-refractivity contribution in [1.82, 2.24) is 0 Å². The monoisotopic (exact) mass is 390 g/mol. The molecule has 0 aliphatic heterocycles. The Morgan fingerprint density at radius 2 is 1.07 bits per heavy atom. The smallest absolute Gasteiger partial charge is 0.0351 e. The zero-order valence-electron chi connectivity index (χ0n) is 19.9. The first-order valence-electron chi connectivity index (χ1n) is 13.0. The van der Waals surface area contributed by atoms with Crippen LogP contribution >= 0.6 is 0 Å². The first-order chi connectivity index (χ1) is 13.7. The summed E-state index contributed by atoms with van der Waals surface area (Å²) in [4.78, 5) is 0. The minimum atomic E-state index is 0.827. The van der Waals surface area contributed by atoms with E-state index >= 15 is 0 Å². The summed E-state index contributed by atoms with van der Waals surface area (Å²) in [5, 5.41) is 0. The van der Waals surface area contributed by atoms with Gasteiger partial charge < -0.3 is 0 Å². The van der Waals surface area contributed by atoms with Crippen LogP contribution in [0.3, 0.4) is 0 Å². The summed E-state index contributed by atoms with van der Waals surface area (Å²) < 4.78 is 0. The fourth-order valence-electron chi connectivity index (χ4n) is 4.05. The largest absolute Gasteiger partial charge is 0.0885 e. The fourth-order valence-corrected chi connectivity index (χ4v) is 4.05. The lowest BCUT2D eigenvalue weighted by Gasteiger charge is -2.14. The second-order valence-electron chi connectivity index (χ2n) is 9.18. The molecule has 0 saturated carbocycles. The van der Waals surface area contributed by atoms with Crippen LogP contribution in [0.5, 0.6) is 0 Å². The minimum absolute atomic E-state index is 0.827. The van der Waals surface area contributed by atoms with E-state index in [1.165, 1.54) is 116 Å². The highest BCUT2D eigenvalue weighted by atomic mass is 14.1. The molecular weight excluding hydrogens is 336 g/mol. The Hall–Kier alpha value is -0.260. The number of hydrogen-bond acceptors (Lipinski definition) is 0. The van der Waals surface area contributed by atoms with Gasteiger partial charge in [-0.2, -0.15) is 0 Å². The molecule has 0 amide bonds. The van der Waals surface area contributed by atoms with E-state index in [-0.39, 0.29) is 0 Å². The van der Waals surface area contributed by atoms with Gasteiger partial charge in [-0.05, 0) is 37.5 Å². The van der Waals surface area contributed by atoms with Crippen LogP contribution in [0, 0.1) is 25.7 Å². The molecule has 0 bridgehead atoms. The molecule has 0 aromatic rings. The second kappa shape index (κ2) is 23.0. The maximum atomic E-state index is 4.00. The van der Waals surface area contributed by atoms with Gasteiger partial charge in [0.2, 0.25) is 0 Å². The molecular formula is C28H54. The molecule has 0 aliphatic rings. The summed E-state index contributed by atoms with van der Waals surface area (Å²) in [6, 6.07) is 0. The van der Waals surface area contributed by atoms with Crippen LogP contribution in [0.25, 0.3) is 0 Å². The summed E-state index contributed by atoms with van der Waals surface area (Å²) in [6.07, 6.45) is 32.2. The average molecular weight is 391 g/mol. The lowest BCUT2D eigenvalue weighted by molar-refractivity contribution is 0.393. The predicted molar refractivity (Wildman–Crippen MR) is 131 cm³/mol. The average Bonchev–Trinajstić information content (AvgIpc) is 2.71. The highest BCUT2D eigenvalue weighted by Crippen LogP contribution is 2.22. The summed E-state index contributed by atoms with van der Waals surface area (Å²) >= 11 is 0. The van der Waals surface area contributed by atoms with E-state index in [1.807, 2.05) is 0 Å². The molecule has 166 valence electrons. The lowest BCUT2D eigenvalue weighted by atomic mass is 9.92. The summed E-state index contributed by atoms with van der Waals surface area (Å²) in [7, 11) is 0. The van der Waals surface area contributed by atoms with E-state index in [0.29, 0.717) is 0 Å². The van der Waals surface area contributed by atoms with Crippen molar-refractivity contribution in [3.63, 3.8) is 0 Å². The molecule has 0 aliphatic carbocycles. The van der Waals surface area contributed by atoms with Crippen LogP contribution in [-0.2, 0) is 0 Å². The van der Waals surface area contributed by atoms with Gasteiger partial charge in [0.25, 0.3) is 0 Å². The summed E-state index contributed by atoms with van der Waals surface area (Å²) in [5.41, 5.74) is 0. The molecule has 0 spiro atoms. The molecule has 2 radical (unpaired) electrons. The van der Waals surface area contributed by atoms with Crippen molar-refractivity contribution in [3.05, 3.63) is 26.0 Å². The van der Waals surface area contributed by atoms with Crippen LogP contribution in [0.2, 0.25) is 0 Å². The van der Waals surface area contributed by atoms with Crippen molar-refractivity contribution in [2.75, 3.05) is 0 Å². The third-order valence-corrected chi connectivity index (χ3v) is 6.40. The number of allylic oxidation sites excluding steroid dienone is 2. The quantitative estimate of drug-likeness (QED) is 0.127. The van der Waals surface area contributed by atoms with E-state index in [9.17, 15) is 0 Å². The molecule has 0 saturated heterocycles. The standard InChI is InChI=1S/C28H54/c1-5-8-9-10-11-12-13-14-15-16-19-22-25-28(7-3)26-23-20-17-18-21-24-27(4)6-2/h13-14,27-28H,1-2,5-12,15-26H2,3-4H3/b14-13+. The van der Waals surface area contributed by atoms with Crippen molar-refractivity contribution < 1.29 is 0 Å². The normalized spacial score (nSPS) is 14.0. The first kappa shape index (κ1) is 27.7. The maximum absolute atomic E-state index is 4.00. The van der Waals surface area contributed by atoms with Crippen LogP contribution < -0.4 is 0 Å². The highest BCUT2D eigenvalue weighted by Gasteiger charge is 2.06. The van der Waals surface area contributed by atoms with Crippen molar-refractivity contribution >= 4 is 0 Å². The van der Waals surface area contributed by atoms with E-state index < -0.39 is 0 Å². The van der Waals surface area contributed by atoms with Crippen LogP contribution in [0.15, 0.2) is 12.2 Å². The van der Waals surface area contributed by atoms with E-state index in [2.05, 4.69) is 39.8 Å². The molecule has 0 heterocycles. The third-order valence-electron chi connectivity index (χ3n) is 6.40. The topological polar surface area (TPSA) is 0 Å². The molecule has 0 nitrogen and oxygen atoms in total. The Morgan fingerprint density at radius 3 is 1.61 bits per heavy atom. The molecule has 0 heteroatoms. The fraction of sp³-hybridized carbons (Fsp3) is 0.857. The molecule has 0 aromatic heterocycles. The first-order valence-corrected chi connectivity index (χ1v) is 13.0. The molecule has 0 N–H and O–H groups in total. The maximum Gasteiger partial charge on any atom is -0.0351 e. The molecule has 2 unspecified atom stereocenters. The lowest BCUT2D eigenvalue weighted by Crippen LogP contribution is -1.99. The molecule has 2 atom stereocenters. The Morgan fingerprint density at radius 1 is 0.607 bits per heavy atom. The van der Waals surface area contributed by atoms with E-state index in [1.54, 1.807) is 0 Å². The van der Waals surface area contributed by atoms with E-state index in [0.717, 1.165) is 24.7 Å². The van der Waals surface area contributed by atoms with Gasteiger partial charge in [-0.3, -0.25) is 0 Å². The van der Waals surface area contributed by atoms with Gasteiger partial charge in [0.1, 0.15) is 0 Å². The van der Waals surface area contributed by atoms with Crippen LogP contribution in [0.1, 0.15) is 142 Å². The van der Waals surface area contributed by atoms with Crippen molar-refractivity contribution in [1.29, 1.82) is 0 Å². The highest BCUT2D eigenvalue weighted by molar-refractivity contribution is 4.81. The summed E-state index contributed by atoms with van der Waals surface area (Å²) in [6.45, 7) is 12.6. The Balaban J connectivity index is 3.39.